The van der Waals surface area contributed by atoms with Crippen molar-refractivity contribution in [3.05, 3.63) is 34.4 Å². The Morgan fingerprint density at radius 1 is 1.07 bits per heavy atom. The number of amides is 1. The first-order valence-electron chi connectivity index (χ1n) is 10.7. The van der Waals surface area contributed by atoms with Crippen molar-refractivity contribution in [3.63, 3.8) is 0 Å². The van der Waals surface area contributed by atoms with Crippen molar-refractivity contribution in [2.45, 2.75) is 52.4 Å². The Balaban J connectivity index is 1.70. The number of piperidine rings is 1. The van der Waals surface area contributed by atoms with E-state index in [2.05, 4.69) is 11.8 Å². The number of ketones is 2. The Kier molecular flexibility index (Phi) is 7.10. The van der Waals surface area contributed by atoms with Gasteiger partial charge < -0.3 is 9.64 Å². The Morgan fingerprint density at radius 2 is 1.63 bits per heavy atom. The van der Waals surface area contributed by atoms with Gasteiger partial charge in [0, 0.05) is 38.6 Å². The van der Waals surface area contributed by atoms with Gasteiger partial charge in [-0.3, -0.25) is 14.4 Å². The highest BCUT2D eigenvalue weighted by atomic mass is 16.5. The lowest BCUT2D eigenvalue weighted by molar-refractivity contribution is -0.139. The SMILES string of the molecule is CC#Cc1cc(C)c(C2C(=O)CC(C3CCN(C(=O)COC)CC3)CC2=O)c(C)c1. The molecule has 1 saturated carbocycles. The lowest BCUT2D eigenvalue weighted by atomic mass is 9.69. The largest absolute Gasteiger partial charge is 0.375 e. The summed E-state index contributed by atoms with van der Waals surface area (Å²) < 4.78 is 4.93. The second kappa shape index (κ2) is 9.57. The van der Waals surface area contributed by atoms with Gasteiger partial charge in [-0.05, 0) is 74.3 Å². The molecule has 0 bridgehead atoms. The van der Waals surface area contributed by atoms with E-state index in [4.69, 9.17) is 4.74 Å². The number of ether oxygens (including phenoxy) is 1. The maximum atomic E-state index is 13.1. The van der Waals surface area contributed by atoms with Gasteiger partial charge in [-0.2, -0.15) is 0 Å². The number of hydrogen-bond acceptors (Lipinski definition) is 4. The van der Waals surface area contributed by atoms with Crippen molar-refractivity contribution in [3.8, 4) is 11.8 Å². The number of methoxy groups -OCH3 is 1. The molecular formula is C25H31NO4. The fourth-order valence-corrected chi connectivity index (χ4v) is 5.14. The van der Waals surface area contributed by atoms with Gasteiger partial charge in [0.25, 0.3) is 0 Å². The standard InChI is InChI=1S/C25H31NO4/c1-5-6-18-11-16(2)24(17(3)12-18)25-21(27)13-20(14-22(25)28)19-7-9-26(10-8-19)23(29)15-30-4/h11-12,19-20,25H,7-10,13-15H2,1-4H3. The molecule has 5 heteroatoms. The summed E-state index contributed by atoms with van der Waals surface area (Å²) in [6.45, 7) is 7.17. The third-order valence-electron chi connectivity index (χ3n) is 6.55. The van der Waals surface area contributed by atoms with Crippen LogP contribution >= 0.6 is 0 Å². The van der Waals surface area contributed by atoms with E-state index in [0.29, 0.717) is 31.8 Å². The van der Waals surface area contributed by atoms with E-state index < -0.39 is 5.92 Å². The predicted molar refractivity (Wildman–Crippen MR) is 115 cm³/mol. The van der Waals surface area contributed by atoms with Crippen molar-refractivity contribution in [1.29, 1.82) is 0 Å². The molecule has 160 valence electrons. The third-order valence-corrected chi connectivity index (χ3v) is 6.55. The lowest BCUT2D eigenvalue weighted by Crippen LogP contribution is -2.43. The van der Waals surface area contributed by atoms with E-state index in [-0.39, 0.29) is 30.0 Å². The Bertz CT molecular complexity index is 858. The molecule has 1 heterocycles. The summed E-state index contributed by atoms with van der Waals surface area (Å²) in [4.78, 5) is 40.0. The van der Waals surface area contributed by atoms with Crippen LogP contribution in [-0.4, -0.2) is 49.2 Å². The van der Waals surface area contributed by atoms with Crippen molar-refractivity contribution < 1.29 is 19.1 Å². The quantitative estimate of drug-likeness (QED) is 0.566. The van der Waals surface area contributed by atoms with Crippen LogP contribution in [0, 0.1) is 37.5 Å². The highest BCUT2D eigenvalue weighted by Crippen LogP contribution is 2.39. The predicted octanol–water partition coefficient (Wildman–Crippen LogP) is 3.19. The van der Waals surface area contributed by atoms with Crippen LogP contribution in [0.15, 0.2) is 12.1 Å². The average molecular weight is 410 g/mol. The molecule has 0 radical (unpaired) electrons. The van der Waals surface area contributed by atoms with Gasteiger partial charge in [-0.1, -0.05) is 5.92 Å². The first-order chi connectivity index (χ1) is 14.3. The van der Waals surface area contributed by atoms with E-state index in [1.807, 2.05) is 30.9 Å². The summed E-state index contributed by atoms with van der Waals surface area (Å²) in [6.07, 6.45) is 2.58. The van der Waals surface area contributed by atoms with Crippen molar-refractivity contribution in [1.82, 2.24) is 4.90 Å². The van der Waals surface area contributed by atoms with Crippen molar-refractivity contribution in [2.24, 2.45) is 11.8 Å². The van der Waals surface area contributed by atoms with Gasteiger partial charge in [0.1, 0.15) is 24.1 Å². The summed E-state index contributed by atoms with van der Waals surface area (Å²) in [6, 6.07) is 3.94. The molecule has 1 aromatic rings. The molecule has 1 aromatic carbocycles. The maximum absolute atomic E-state index is 13.1. The zero-order chi connectivity index (χ0) is 21.8. The van der Waals surface area contributed by atoms with E-state index >= 15 is 0 Å². The van der Waals surface area contributed by atoms with E-state index in [0.717, 1.165) is 35.1 Å². The summed E-state index contributed by atoms with van der Waals surface area (Å²) in [7, 11) is 1.52. The van der Waals surface area contributed by atoms with Crippen molar-refractivity contribution >= 4 is 17.5 Å². The monoisotopic (exact) mass is 409 g/mol. The summed E-state index contributed by atoms with van der Waals surface area (Å²) >= 11 is 0. The van der Waals surface area contributed by atoms with Crippen LogP contribution in [0.2, 0.25) is 0 Å². The Labute approximate surface area is 179 Å². The van der Waals surface area contributed by atoms with Crippen LogP contribution in [0.1, 0.15) is 60.8 Å². The van der Waals surface area contributed by atoms with Crippen LogP contribution in [0.5, 0.6) is 0 Å². The number of rotatable bonds is 4. The molecule has 0 N–H and O–H groups in total. The number of carbonyl (C=O) groups is 3. The highest BCUT2D eigenvalue weighted by molar-refractivity contribution is 6.10. The summed E-state index contributed by atoms with van der Waals surface area (Å²) in [5.74, 6) is 5.80. The van der Waals surface area contributed by atoms with Gasteiger partial charge in [0.05, 0.1) is 0 Å². The smallest absolute Gasteiger partial charge is 0.248 e. The van der Waals surface area contributed by atoms with Crippen LogP contribution in [0.25, 0.3) is 0 Å². The first kappa shape index (κ1) is 22.2. The van der Waals surface area contributed by atoms with Crippen LogP contribution in [0.3, 0.4) is 0 Å². The molecule has 1 aliphatic carbocycles. The minimum absolute atomic E-state index is 0.00831. The zero-order valence-corrected chi connectivity index (χ0v) is 18.4. The molecule has 1 aliphatic heterocycles. The lowest BCUT2D eigenvalue weighted by Gasteiger charge is -2.38. The molecule has 0 aromatic heterocycles. The molecule has 0 atom stereocenters. The van der Waals surface area contributed by atoms with E-state index in [1.54, 1.807) is 6.92 Å². The van der Waals surface area contributed by atoms with Crippen LogP contribution in [0.4, 0.5) is 0 Å². The molecular weight excluding hydrogens is 378 g/mol. The van der Waals surface area contributed by atoms with Crippen LogP contribution < -0.4 is 0 Å². The minimum Gasteiger partial charge on any atom is -0.375 e. The van der Waals surface area contributed by atoms with Crippen LogP contribution in [-0.2, 0) is 19.1 Å². The van der Waals surface area contributed by atoms with Gasteiger partial charge >= 0.3 is 0 Å². The highest BCUT2D eigenvalue weighted by Gasteiger charge is 2.41. The van der Waals surface area contributed by atoms with Gasteiger partial charge in [0.2, 0.25) is 5.91 Å². The fraction of sp³-hybridized carbons (Fsp3) is 0.560. The Morgan fingerprint density at radius 3 is 2.13 bits per heavy atom. The molecule has 30 heavy (non-hydrogen) atoms. The maximum Gasteiger partial charge on any atom is 0.248 e. The molecule has 0 spiro atoms. The second-order valence-electron chi connectivity index (χ2n) is 8.58. The average Bonchev–Trinajstić information content (AvgIpc) is 2.70. The first-order valence-corrected chi connectivity index (χ1v) is 10.7. The number of nitrogens with zero attached hydrogens (tertiary/aromatic N) is 1. The molecule has 5 nitrogen and oxygen atoms in total. The number of carbonyl (C=O) groups excluding carboxylic acids is 3. The number of Topliss-reactive ketones (excluding diaryl/α,β-unsaturated/α-hetero) is 2. The fourth-order valence-electron chi connectivity index (χ4n) is 5.14. The van der Waals surface area contributed by atoms with E-state index in [9.17, 15) is 14.4 Å². The molecule has 2 fully saturated rings. The number of benzene rings is 1. The second-order valence-corrected chi connectivity index (χ2v) is 8.58. The Hall–Kier alpha value is -2.45. The number of likely N-dealkylation sites (tertiary alicyclic amines) is 1. The molecule has 2 aliphatic rings. The van der Waals surface area contributed by atoms with Gasteiger partial charge in [0.15, 0.2) is 0 Å². The molecule has 0 unspecified atom stereocenters. The minimum atomic E-state index is -0.645. The van der Waals surface area contributed by atoms with Gasteiger partial charge in [-0.25, -0.2) is 0 Å². The third kappa shape index (κ3) is 4.65. The normalized spacial score (nSPS) is 22.6. The summed E-state index contributed by atoms with van der Waals surface area (Å²) in [5.41, 5.74) is 3.70. The molecule has 1 saturated heterocycles. The number of hydrogen-bond donors (Lipinski definition) is 0. The molecule has 1 amide bonds. The summed E-state index contributed by atoms with van der Waals surface area (Å²) in [5, 5.41) is 0. The zero-order valence-electron chi connectivity index (χ0n) is 18.4. The number of aryl methyl sites for hydroxylation is 2. The van der Waals surface area contributed by atoms with Gasteiger partial charge in [-0.15, -0.1) is 5.92 Å². The molecule has 3 rings (SSSR count). The topological polar surface area (TPSA) is 63.7 Å². The van der Waals surface area contributed by atoms with Crippen molar-refractivity contribution in [2.75, 3.05) is 26.8 Å². The van der Waals surface area contributed by atoms with E-state index in [1.165, 1.54) is 7.11 Å².